The van der Waals surface area contributed by atoms with E-state index in [1.54, 1.807) is 32.3 Å². The molecule has 2 fully saturated rings. The Morgan fingerprint density at radius 1 is 1.10 bits per heavy atom. The molecule has 2 N–H and O–H groups in total. The molecule has 2 saturated heterocycles. The summed E-state index contributed by atoms with van der Waals surface area (Å²) >= 11 is 0. The van der Waals surface area contributed by atoms with Crippen LogP contribution in [0.15, 0.2) is 36.4 Å². The van der Waals surface area contributed by atoms with Crippen molar-refractivity contribution in [3.63, 3.8) is 0 Å². The smallest absolute Gasteiger partial charge is 0.246 e. The molecule has 3 heterocycles. The van der Waals surface area contributed by atoms with E-state index in [2.05, 4.69) is 27.5 Å². The van der Waals surface area contributed by atoms with Crippen molar-refractivity contribution < 1.29 is 9.90 Å². The van der Waals surface area contributed by atoms with Crippen molar-refractivity contribution in [2.24, 2.45) is 0 Å². The Morgan fingerprint density at radius 2 is 1.84 bits per heavy atom. The summed E-state index contributed by atoms with van der Waals surface area (Å²) in [6.45, 7) is 0. The van der Waals surface area contributed by atoms with Crippen LogP contribution in [0.5, 0.6) is 5.75 Å². The quantitative estimate of drug-likeness (QED) is 0.722. The number of carbonyl (C=O) groups excluding carboxylic acids is 1. The molecular formula is C24H31N5O2. The van der Waals surface area contributed by atoms with Crippen molar-refractivity contribution in [3.05, 3.63) is 42.0 Å². The highest BCUT2D eigenvalue weighted by Gasteiger charge is 2.33. The molecule has 164 valence electrons. The molecular weight excluding hydrogens is 390 g/mol. The Bertz CT molecular complexity index is 945. The van der Waals surface area contributed by atoms with Crippen LogP contribution in [0.2, 0.25) is 0 Å². The van der Waals surface area contributed by atoms with Crippen molar-refractivity contribution in [3.8, 4) is 17.0 Å². The number of phenolic OH excluding ortho intramolecular Hbond substituents is 1. The van der Waals surface area contributed by atoms with Gasteiger partial charge in [0.25, 0.3) is 0 Å². The van der Waals surface area contributed by atoms with Crippen molar-refractivity contribution in [2.75, 3.05) is 26.0 Å². The second-order valence-corrected chi connectivity index (χ2v) is 8.85. The number of phenols is 1. The van der Waals surface area contributed by atoms with E-state index in [4.69, 9.17) is 0 Å². The van der Waals surface area contributed by atoms with Crippen LogP contribution in [0.1, 0.15) is 37.7 Å². The van der Waals surface area contributed by atoms with Gasteiger partial charge >= 0.3 is 0 Å². The van der Waals surface area contributed by atoms with Gasteiger partial charge in [0.15, 0.2) is 5.82 Å². The zero-order valence-corrected chi connectivity index (χ0v) is 18.5. The maximum atomic E-state index is 11.7. The molecule has 2 bridgehead atoms. The maximum Gasteiger partial charge on any atom is 0.246 e. The van der Waals surface area contributed by atoms with E-state index in [0.29, 0.717) is 29.4 Å². The van der Waals surface area contributed by atoms with Gasteiger partial charge in [-0.3, -0.25) is 4.79 Å². The van der Waals surface area contributed by atoms with Crippen LogP contribution in [-0.2, 0) is 4.79 Å². The monoisotopic (exact) mass is 421 g/mol. The average Bonchev–Trinajstić information content (AvgIpc) is 2.77. The molecule has 0 saturated carbocycles. The maximum absolute atomic E-state index is 11.7. The Morgan fingerprint density at radius 3 is 2.45 bits per heavy atom. The zero-order chi connectivity index (χ0) is 22.0. The summed E-state index contributed by atoms with van der Waals surface area (Å²) in [5.74, 6) is 0.863. The number of piperidine rings is 2. The van der Waals surface area contributed by atoms with Gasteiger partial charge in [0.1, 0.15) is 5.75 Å². The third kappa shape index (κ3) is 4.88. The third-order valence-electron chi connectivity index (χ3n) is 6.41. The summed E-state index contributed by atoms with van der Waals surface area (Å²) < 4.78 is 0. The number of benzene rings is 1. The molecule has 2 aromatic rings. The summed E-state index contributed by atoms with van der Waals surface area (Å²) in [5.41, 5.74) is 1.99. The first-order valence-electron chi connectivity index (χ1n) is 11.0. The molecule has 1 aromatic carbocycles. The molecule has 4 rings (SSSR count). The molecule has 2 aliphatic heterocycles. The van der Waals surface area contributed by atoms with E-state index in [0.717, 1.165) is 24.2 Å². The Labute approximate surface area is 183 Å². The summed E-state index contributed by atoms with van der Waals surface area (Å²) in [6.07, 6.45) is 9.30. The predicted octanol–water partition coefficient (Wildman–Crippen LogP) is 3.06. The zero-order valence-electron chi connectivity index (χ0n) is 18.5. The minimum atomic E-state index is -0.105. The molecule has 7 nitrogen and oxygen atoms in total. The highest BCUT2D eigenvalue weighted by Crippen LogP contribution is 2.32. The van der Waals surface area contributed by atoms with Gasteiger partial charge in [-0.05, 0) is 61.6 Å². The predicted molar refractivity (Wildman–Crippen MR) is 123 cm³/mol. The van der Waals surface area contributed by atoms with Crippen molar-refractivity contribution in [1.82, 2.24) is 20.4 Å². The van der Waals surface area contributed by atoms with E-state index in [1.165, 1.54) is 30.2 Å². The van der Waals surface area contributed by atoms with Crippen LogP contribution < -0.4 is 10.2 Å². The molecule has 31 heavy (non-hydrogen) atoms. The SMILES string of the molecule is CN(C)C(=O)/C=C/c1ccc(-c2ccc(N(C)[C@@H]3C[C@H]4CCC[C@@H](C3)N4)nn2)c(O)c1. The second-order valence-electron chi connectivity index (χ2n) is 8.85. The fraction of sp³-hybridized carbons (Fsp3) is 0.458. The number of hydrogen-bond donors (Lipinski definition) is 2. The molecule has 7 heteroatoms. The summed E-state index contributed by atoms with van der Waals surface area (Å²) in [5, 5.41) is 23.0. The van der Waals surface area contributed by atoms with Crippen LogP contribution in [-0.4, -0.2) is 65.4 Å². The number of hydrogen-bond acceptors (Lipinski definition) is 6. The molecule has 0 unspecified atom stereocenters. The number of rotatable bonds is 5. The first kappa shape index (κ1) is 21.3. The summed E-state index contributed by atoms with van der Waals surface area (Å²) in [6, 6.07) is 10.9. The molecule has 0 aliphatic carbocycles. The minimum absolute atomic E-state index is 0.105. The number of likely N-dealkylation sites (N-methyl/N-ethyl adjacent to an activating group) is 1. The summed E-state index contributed by atoms with van der Waals surface area (Å²) in [4.78, 5) is 15.4. The van der Waals surface area contributed by atoms with Gasteiger partial charge in [-0.1, -0.05) is 12.5 Å². The number of carbonyl (C=O) groups is 1. The lowest BCUT2D eigenvalue weighted by Crippen LogP contribution is -2.54. The fourth-order valence-corrected chi connectivity index (χ4v) is 4.58. The van der Waals surface area contributed by atoms with Gasteiger partial charge in [0.2, 0.25) is 5.91 Å². The van der Waals surface area contributed by atoms with Gasteiger partial charge in [0, 0.05) is 50.9 Å². The van der Waals surface area contributed by atoms with Gasteiger partial charge < -0.3 is 20.2 Å². The number of amides is 1. The number of aromatic nitrogens is 2. The second kappa shape index (κ2) is 9.06. The summed E-state index contributed by atoms with van der Waals surface area (Å²) in [7, 11) is 5.50. The Balaban J connectivity index is 1.46. The Hall–Kier alpha value is -2.93. The normalized spacial score (nSPS) is 23.0. The fourth-order valence-electron chi connectivity index (χ4n) is 4.58. The van der Waals surface area contributed by atoms with Crippen LogP contribution in [0.4, 0.5) is 5.82 Å². The van der Waals surface area contributed by atoms with Crippen LogP contribution in [0, 0.1) is 0 Å². The number of fused-ring (bicyclic) bond motifs is 2. The first-order valence-corrected chi connectivity index (χ1v) is 11.0. The van der Waals surface area contributed by atoms with Crippen LogP contribution >= 0.6 is 0 Å². The van der Waals surface area contributed by atoms with Crippen LogP contribution in [0.3, 0.4) is 0 Å². The van der Waals surface area contributed by atoms with Crippen molar-refractivity contribution in [1.29, 1.82) is 0 Å². The molecule has 0 spiro atoms. The highest BCUT2D eigenvalue weighted by atomic mass is 16.3. The molecule has 1 amide bonds. The van der Waals surface area contributed by atoms with E-state index < -0.39 is 0 Å². The molecule has 1 aromatic heterocycles. The van der Waals surface area contributed by atoms with E-state index in [-0.39, 0.29) is 11.7 Å². The van der Waals surface area contributed by atoms with Crippen molar-refractivity contribution >= 4 is 17.8 Å². The lowest BCUT2D eigenvalue weighted by atomic mass is 9.83. The Kier molecular flexibility index (Phi) is 6.23. The largest absolute Gasteiger partial charge is 0.507 e. The topological polar surface area (TPSA) is 81.6 Å². The van der Waals surface area contributed by atoms with E-state index >= 15 is 0 Å². The average molecular weight is 422 g/mol. The van der Waals surface area contributed by atoms with Gasteiger partial charge in [0.05, 0.1) is 5.69 Å². The molecule has 3 atom stereocenters. The van der Waals surface area contributed by atoms with E-state index in [1.807, 2.05) is 18.2 Å². The van der Waals surface area contributed by atoms with E-state index in [9.17, 15) is 9.90 Å². The lowest BCUT2D eigenvalue weighted by Gasteiger charge is -2.43. The number of nitrogens with zero attached hydrogens (tertiary/aromatic N) is 4. The van der Waals surface area contributed by atoms with Crippen LogP contribution in [0.25, 0.3) is 17.3 Å². The standard InChI is InChI=1S/C24H31N5O2/c1-28(2)24(31)12-8-16-7-9-20(22(30)13-16)21-10-11-23(27-26-21)29(3)19-14-17-5-4-6-18(15-19)25-17/h7-13,17-19,25,30H,4-6,14-15H2,1-3H3/b12-8+/t17-,18+,19-. The first-order chi connectivity index (χ1) is 14.9. The molecule has 0 radical (unpaired) electrons. The van der Waals surface area contributed by atoms with Gasteiger partial charge in [-0.2, -0.15) is 0 Å². The molecule has 2 aliphatic rings. The van der Waals surface area contributed by atoms with Crippen molar-refractivity contribution in [2.45, 2.75) is 50.2 Å². The highest BCUT2D eigenvalue weighted by molar-refractivity contribution is 5.91. The van der Waals surface area contributed by atoms with Gasteiger partial charge in [-0.15, -0.1) is 10.2 Å². The number of anilines is 1. The third-order valence-corrected chi connectivity index (χ3v) is 6.41. The number of aromatic hydroxyl groups is 1. The van der Waals surface area contributed by atoms with Gasteiger partial charge in [-0.25, -0.2) is 0 Å². The minimum Gasteiger partial charge on any atom is -0.507 e. The lowest BCUT2D eigenvalue weighted by molar-refractivity contribution is -0.123. The number of nitrogens with one attached hydrogen (secondary N) is 1.